The van der Waals surface area contributed by atoms with Crippen LogP contribution in [0.15, 0.2) is 27.4 Å². The largest absolute Gasteiger partial charge is 0.419 e. The van der Waals surface area contributed by atoms with Crippen LogP contribution in [0.3, 0.4) is 0 Å². The minimum Gasteiger partial charge on any atom is -0.408 e. The highest BCUT2D eigenvalue weighted by Crippen LogP contribution is 2.20. The fourth-order valence-corrected chi connectivity index (χ4v) is 1.86. The lowest BCUT2D eigenvalue weighted by Gasteiger charge is -2.23. The van der Waals surface area contributed by atoms with Gasteiger partial charge in [-0.25, -0.2) is 10.2 Å². The number of hydrogen-bond acceptors (Lipinski definition) is 5. The van der Waals surface area contributed by atoms with E-state index < -0.39 is 0 Å². The molecule has 0 aliphatic rings. The van der Waals surface area contributed by atoms with Gasteiger partial charge in [-0.05, 0) is 31.8 Å². The number of aromatic nitrogens is 1. The van der Waals surface area contributed by atoms with E-state index in [1.807, 2.05) is 37.2 Å². The molecule has 6 heteroatoms. The van der Waals surface area contributed by atoms with Crippen molar-refractivity contribution in [2.24, 2.45) is 12.9 Å². The van der Waals surface area contributed by atoms with Crippen LogP contribution in [-0.4, -0.2) is 23.6 Å². The molecule has 0 saturated heterocycles. The second kappa shape index (κ2) is 4.33. The third kappa shape index (κ3) is 1.97. The topological polar surface area (TPSA) is 76.4 Å². The summed E-state index contributed by atoms with van der Waals surface area (Å²) in [6.07, 6.45) is -0.120. The van der Waals surface area contributed by atoms with Crippen molar-refractivity contribution in [1.29, 1.82) is 0 Å². The monoisotopic (exact) mass is 236 g/mol. The molecule has 0 fully saturated rings. The number of oxazole rings is 1. The summed E-state index contributed by atoms with van der Waals surface area (Å²) in [6.45, 7) is 0. The summed E-state index contributed by atoms with van der Waals surface area (Å²) in [7, 11) is 5.50. The molecule has 17 heavy (non-hydrogen) atoms. The van der Waals surface area contributed by atoms with E-state index in [1.54, 1.807) is 7.05 Å². The SMILES string of the molecule is CN(C)C(NN)c1ccc2c(c1)oc(=O)n2C. The van der Waals surface area contributed by atoms with Crippen LogP contribution in [0, 0.1) is 0 Å². The Kier molecular flexibility index (Phi) is 3.01. The van der Waals surface area contributed by atoms with Crippen molar-refractivity contribution >= 4 is 11.1 Å². The fourth-order valence-electron chi connectivity index (χ4n) is 1.86. The average molecular weight is 236 g/mol. The van der Waals surface area contributed by atoms with Crippen molar-refractivity contribution in [3.63, 3.8) is 0 Å². The molecular formula is C11H16N4O2. The number of nitrogens with two attached hydrogens (primary N) is 1. The Hall–Kier alpha value is -1.63. The van der Waals surface area contributed by atoms with Crippen molar-refractivity contribution in [2.75, 3.05) is 14.1 Å². The van der Waals surface area contributed by atoms with Gasteiger partial charge in [-0.3, -0.25) is 15.3 Å². The molecule has 1 aromatic carbocycles. The summed E-state index contributed by atoms with van der Waals surface area (Å²) in [4.78, 5) is 13.3. The number of benzene rings is 1. The van der Waals surface area contributed by atoms with Crippen LogP contribution in [0.5, 0.6) is 0 Å². The number of rotatable bonds is 3. The molecule has 1 unspecified atom stereocenters. The first-order chi connectivity index (χ1) is 8.04. The molecular weight excluding hydrogens is 220 g/mol. The predicted octanol–water partition coefficient (Wildman–Crippen LogP) is 0.155. The summed E-state index contributed by atoms with van der Waals surface area (Å²) >= 11 is 0. The molecule has 0 saturated carbocycles. The lowest BCUT2D eigenvalue weighted by molar-refractivity contribution is 0.253. The van der Waals surface area contributed by atoms with Crippen LogP contribution < -0.4 is 17.0 Å². The first-order valence-electron chi connectivity index (χ1n) is 5.26. The number of nitrogens with one attached hydrogen (secondary N) is 1. The van der Waals surface area contributed by atoms with Crippen molar-refractivity contribution in [1.82, 2.24) is 14.9 Å². The number of hydrogen-bond donors (Lipinski definition) is 2. The molecule has 1 aromatic heterocycles. The van der Waals surface area contributed by atoms with Gasteiger partial charge in [0, 0.05) is 7.05 Å². The van der Waals surface area contributed by atoms with Gasteiger partial charge in [0.25, 0.3) is 0 Å². The first kappa shape index (κ1) is 11.8. The second-order valence-corrected chi connectivity index (χ2v) is 4.19. The van der Waals surface area contributed by atoms with Gasteiger partial charge in [0.1, 0.15) is 0 Å². The quantitative estimate of drug-likeness (QED) is 0.451. The van der Waals surface area contributed by atoms with Crippen LogP contribution in [0.25, 0.3) is 11.1 Å². The first-order valence-corrected chi connectivity index (χ1v) is 5.26. The van der Waals surface area contributed by atoms with E-state index in [4.69, 9.17) is 10.3 Å². The van der Waals surface area contributed by atoms with Crippen LogP contribution >= 0.6 is 0 Å². The summed E-state index contributed by atoms with van der Waals surface area (Å²) in [5.74, 6) is 5.13. The van der Waals surface area contributed by atoms with Crippen molar-refractivity contribution in [3.05, 3.63) is 34.3 Å². The van der Waals surface area contributed by atoms with Gasteiger partial charge in [-0.15, -0.1) is 0 Å². The Morgan fingerprint density at radius 3 is 2.76 bits per heavy atom. The van der Waals surface area contributed by atoms with E-state index in [2.05, 4.69) is 5.43 Å². The van der Waals surface area contributed by atoms with Gasteiger partial charge in [0.05, 0.1) is 11.7 Å². The van der Waals surface area contributed by atoms with Crippen molar-refractivity contribution in [3.8, 4) is 0 Å². The number of aryl methyl sites for hydroxylation is 1. The van der Waals surface area contributed by atoms with E-state index in [0.717, 1.165) is 11.1 Å². The Bertz CT molecular complexity index is 585. The summed E-state index contributed by atoms with van der Waals surface area (Å²) < 4.78 is 6.61. The third-order valence-corrected chi connectivity index (χ3v) is 2.81. The highest BCUT2D eigenvalue weighted by molar-refractivity contribution is 5.73. The molecule has 6 nitrogen and oxygen atoms in total. The zero-order valence-corrected chi connectivity index (χ0v) is 10.1. The molecule has 0 radical (unpaired) electrons. The molecule has 0 bridgehead atoms. The summed E-state index contributed by atoms with van der Waals surface area (Å²) in [6, 6.07) is 5.59. The standard InChI is InChI=1S/C11H16N4O2/c1-14(2)10(13-12)7-4-5-8-9(6-7)17-11(16)15(8)3/h4-6,10,13H,12H2,1-3H3. The molecule has 0 spiro atoms. The van der Waals surface area contributed by atoms with Crippen LogP contribution in [0.4, 0.5) is 0 Å². The van der Waals surface area contributed by atoms with Gasteiger partial charge in [0.15, 0.2) is 5.58 Å². The Balaban J connectivity index is 2.54. The lowest BCUT2D eigenvalue weighted by Crippen LogP contribution is -2.37. The third-order valence-electron chi connectivity index (χ3n) is 2.81. The molecule has 1 heterocycles. The van der Waals surface area contributed by atoms with Crippen molar-refractivity contribution in [2.45, 2.75) is 6.17 Å². The predicted molar refractivity (Wildman–Crippen MR) is 65.2 cm³/mol. The molecule has 3 N–H and O–H groups in total. The van der Waals surface area contributed by atoms with Crippen LogP contribution in [0.1, 0.15) is 11.7 Å². The minimum atomic E-state index is -0.362. The lowest BCUT2D eigenvalue weighted by atomic mass is 10.1. The maximum atomic E-state index is 11.4. The maximum absolute atomic E-state index is 11.4. The van der Waals surface area contributed by atoms with Gasteiger partial charge >= 0.3 is 5.76 Å². The van der Waals surface area contributed by atoms with E-state index in [1.165, 1.54) is 4.57 Å². The fraction of sp³-hybridized carbons (Fsp3) is 0.364. The normalized spacial score (nSPS) is 13.5. The second-order valence-electron chi connectivity index (χ2n) is 4.19. The number of nitrogens with zero attached hydrogens (tertiary/aromatic N) is 2. The van der Waals surface area contributed by atoms with Gasteiger partial charge in [-0.2, -0.15) is 0 Å². The van der Waals surface area contributed by atoms with Crippen LogP contribution in [-0.2, 0) is 7.05 Å². The van der Waals surface area contributed by atoms with Gasteiger partial charge in [-0.1, -0.05) is 6.07 Å². The highest BCUT2D eigenvalue weighted by atomic mass is 16.4. The average Bonchev–Trinajstić information content (AvgIpc) is 2.55. The molecule has 92 valence electrons. The molecule has 0 amide bonds. The Morgan fingerprint density at radius 2 is 2.18 bits per heavy atom. The molecule has 2 aromatic rings. The molecule has 2 rings (SSSR count). The molecule has 1 atom stereocenters. The Labute approximate surface area is 98.6 Å². The maximum Gasteiger partial charge on any atom is 0.419 e. The highest BCUT2D eigenvalue weighted by Gasteiger charge is 2.14. The number of hydrazine groups is 1. The Morgan fingerprint density at radius 1 is 1.47 bits per heavy atom. The zero-order chi connectivity index (χ0) is 12.6. The number of fused-ring (bicyclic) bond motifs is 1. The van der Waals surface area contributed by atoms with E-state index >= 15 is 0 Å². The smallest absolute Gasteiger partial charge is 0.408 e. The molecule has 0 aliphatic heterocycles. The van der Waals surface area contributed by atoms with E-state index in [0.29, 0.717) is 5.58 Å². The summed E-state index contributed by atoms with van der Waals surface area (Å²) in [5, 5.41) is 0. The summed E-state index contributed by atoms with van der Waals surface area (Å²) in [5.41, 5.74) is 4.99. The van der Waals surface area contributed by atoms with Gasteiger partial charge in [0.2, 0.25) is 0 Å². The molecule has 0 aliphatic carbocycles. The van der Waals surface area contributed by atoms with E-state index in [9.17, 15) is 4.79 Å². The minimum absolute atomic E-state index is 0.120. The van der Waals surface area contributed by atoms with Gasteiger partial charge < -0.3 is 4.42 Å². The van der Waals surface area contributed by atoms with Crippen molar-refractivity contribution < 1.29 is 4.42 Å². The van der Waals surface area contributed by atoms with Crippen LogP contribution in [0.2, 0.25) is 0 Å². The zero-order valence-electron chi connectivity index (χ0n) is 10.1. The van der Waals surface area contributed by atoms with E-state index in [-0.39, 0.29) is 11.9 Å².